The van der Waals surface area contributed by atoms with E-state index in [1.54, 1.807) is 6.20 Å². The van der Waals surface area contributed by atoms with Gasteiger partial charge in [0.1, 0.15) is 0 Å². The van der Waals surface area contributed by atoms with Gasteiger partial charge >= 0.3 is 5.97 Å². The second kappa shape index (κ2) is 8.43. The van der Waals surface area contributed by atoms with Gasteiger partial charge in [-0.3, -0.25) is 4.98 Å². The third kappa shape index (κ3) is 5.38. The van der Waals surface area contributed by atoms with Crippen LogP contribution in [0.15, 0.2) is 41.3 Å². The molecule has 1 heterocycles. The fraction of sp³-hybridized carbons (Fsp3) is 0.500. The molecule has 0 aliphatic heterocycles. The molecule has 0 N–H and O–H groups in total. The molecular weight excluding hydrogens is 324 g/mol. The quantitative estimate of drug-likeness (QED) is 0.515. The summed E-state index contributed by atoms with van der Waals surface area (Å²) < 4.78 is 5.12. The van der Waals surface area contributed by atoms with Crippen molar-refractivity contribution in [3.63, 3.8) is 0 Å². The molecule has 1 aromatic heterocycles. The molecule has 1 aromatic rings. The summed E-state index contributed by atoms with van der Waals surface area (Å²) in [6.45, 7) is 12.5. The maximum absolute atomic E-state index is 11.8. The van der Waals surface area contributed by atoms with Crippen molar-refractivity contribution in [3.05, 3.63) is 52.7 Å². The van der Waals surface area contributed by atoms with Crippen molar-refractivity contribution >= 4 is 12.0 Å². The molecule has 1 aliphatic carbocycles. The van der Waals surface area contributed by atoms with Crippen LogP contribution in [0.4, 0.5) is 0 Å². The van der Waals surface area contributed by atoms with Crippen molar-refractivity contribution < 1.29 is 9.53 Å². The van der Waals surface area contributed by atoms with Gasteiger partial charge in [-0.15, -0.1) is 0 Å². The molecule has 0 spiro atoms. The highest BCUT2D eigenvalue weighted by Crippen LogP contribution is 2.40. The van der Waals surface area contributed by atoms with Gasteiger partial charge in [0.2, 0.25) is 0 Å². The van der Waals surface area contributed by atoms with Crippen LogP contribution in [0.25, 0.3) is 6.08 Å². The maximum atomic E-state index is 11.8. The normalized spacial score (nSPS) is 17.9. The number of esters is 1. The number of ether oxygens (including phenoxy) is 1. The summed E-state index contributed by atoms with van der Waals surface area (Å²) in [7, 11) is 0. The molecule has 0 amide bonds. The summed E-state index contributed by atoms with van der Waals surface area (Å²) in [5.74, 6) is -0.443. The average Bonchev–Trinajstić information content (AvgIpc) is 2.53. The highest BCUT2D eigenvalue weighted by molar-refractivity contribution is 5.87. The number of carbonyl (C=O) groups excluding carboxylic acids is 1. The number of hydrogen-bond donors (Lipinski definition) is 0. The van der Waals surface area contributed by atoms with E-state index < -0.39 is 5.97 Å². The molecule has 26 heavy (non-hydrogen) atoms. The number of carbonyl (C=O) groups is 1. The first-order valence-corrected chi connectivity index (χ1v) is 9.28. The van der Waals surface area contributed by atoms with E-state index in [1.807, 2.05) is 26.8 Å². The van der Waals surface area contributed by atoms with Crippen molar-refractivity contribution in [2.75, 3.05) is 0 Å². The van der Waals surface area contributed by atoms with E-state index in [0.29, 0.717) is 0 Å². The lowest BCUT2D eigenvalue weighted by molar-refractivity contribution is 0.0370. The van der Waals surface area contributed by atoms with Gasteiger partial charge in [-0.05, 0) is 69.6 Å². The second-order valence-electron chi connectivity index (χ2n) is 7.93. The molecule has 4 heteroatoms. The van der Waals surface area contributed by atoms with Crippen molar-refractivity contribution in [1.29, 1.82) is 0 Å². The number of hydrogen-bond acceptors (Lipinski definition) is 4. The first kappa shape index (κ1) is 20.1. The fourth-order valence-electron chi connectivity index (χ4n) is 3.30. The third-order valence-electron chi connectivity index (χ3n) is 4.65. The Morgan fingerprint density at radius 1 is 1.27 bits per heavy atom. The highest BCUT2D eigenvalue weighted by atomic mass is 16.5. The van der Waals surface area contributed by atoms with E-state index >= 15 is 0 Å². The molecule has 1 aliphatic rings. The fourth-order valence-corrected chi connectivity index (χ4v) is 3.30. The van der Waals surface area contributed by atoms with Crippen LogP contribution in [0.2, 0.25) is 0 Å². The lowest BCUT2D eigenvalue weighted by Crippen LogP contribution is -2.19. The number of allylic oxidation sites excluding steroid dienone is 5. The molecule has 0 fully saturated rings. The standard InChI is InChI=1S/C22H30N2O2/c1-15(2)26-21(25)20-14-23-18(13-24-20)12-16(3)9-10-19-17(4)8-7-11-22(19,5)6/h9-10,12-15H,7-8,11H2,1-6H3/b10-9+,16-12+. The minimum atomic E-state index is -0.443. The van der Waals surface area contributed by atoms with E-state index in [0.717, 1.165) is 11.3 Å². The molecule has 140 valence electrons. The van der Waals surface area contributed by atoms with E-state index in [9.17, 15) is 4.79 Å². The van der Waals surface area contributed by atoms with Crippen LogP contribution in [-0.2, 0) is 4.74 Å². The van der Waals surface area contributed by atoms with Crippen molar-refractivity contribution in [2.24, 2.45) is 5.41 Å². The Kier molecular flexibility index (Phi) is 6.52. The van der Waals surface area contributed by atoms with Gasteiger partial charge in [0.05, 0.1) is 24.2 Å². The Labute approximate surface area is 157 Å². The van der Waals surface area contributed by atoms with Crippen LogP contribution in [0.5, 0.6) is 0 Å². The molecule has 0 unspecified atom stereocenters. The summed E-state index contributed by atoms with van der Waals surface area (Å²) >= 11 is 0. The van der Waals surface area contributed by atoms with Gasteiger partial charge in [0, 0.05) is 0 Å². The van der Waals surface area contributed by atoms with E-state index in [4.69, 9.17) is 4.74 Å². The zero-order valence-corrected chi connectivity index (χ0v) is 16.8. The van der Waals surface area contributed by atoms with Crippen LogP contribution < -0.4 is 0 Å². The van der Waals surface area contributed by atoms with Gasteiger partial charge < -0.3 is 4.74 Å². The van der Waals surface area contributed by atoms with Crippen LogP contribution in [0.3, 0.4) is 0 Å². The highest BCUT2D eigenvalue weighted by Gasteiger charge is 2.26. The summed E-state index contributed by atoms with van der Waals surface area (Å²) in [6, 6.07) is 0. The summed E-state index contributed by atoms with van der Waals surface area (Å²) in [6.07, 6.45) is 12.9. The molecule has 0 radical (unpaired) electrons. The monoisotopic (exact) mass is 354 g/mol. The largest absolute Gasteiger partial charge is 0.458 e. The Balaban J connectivity index is 2.11. The number of nitrogens with zero attached hydrogens (tertiary/aromatic N) is 2. The van der Waals surface area contributed by atoms with Gasteiger partial charge in [-0.25, -0.2) is 9.78 Å². The molecule has 0 saturated heterocycles. The summed E-state index contributed by atoms with van der Waals surface area (Å²) in [4.78, 5) is 20.3. The first-order chi connectivity index (χ1) is 12.2. The molecule has 4 nitrogen and oxygen atoms in total. The topological polar surface area (TPSA) is 52.1 Å². The minimum absolute atomic E-state index is 0.168. The van der Waals surface area contributed by atoms with Gasteiger partial charge in [-0.1, -0.05) is 31.6 Å². The van der Waals surface area contributed by atoms with Crippen molar-refractivity contribution in [2.45, 2.75) is 66.9 Å². The van der Waals surface area contributed by atoms with Gasteiger partial charge in [-0.2, -0.15) is 0 Å². The number of rotatable bonds is 5. The maximum Gasteiger partial charge on any atom is 0.358 e. The number of aromatic nitrogens is 2. The van der Waals surface area contributed by atoms with Crippen LogP contribution in [0.1, 0.15) is 77.0 Å². The lowest BCUT2D eigenvalue weighted by atomic mass is 9.72. The SMILES string of the molecule is CC1=C(/C=C/C(C)=C/c2cnc(C(=O)OC(C)C)cn2)C(C)(C)CCC1. The molecule has 0 bridgehead atoms. The van der Waals surface area contributed by atoms with Crippen LogP contribution in [-0.4, -0.2) is 22.0 Å². The zero-order chi connectivity index (χ0) is 19.3. The van der Waals surface area contributed by atoms with Gasteiger partial charge in [0.25, 0.3) is 0 Å². The molecule has 2 rings (SSSR count). The second-order valence-corrected chi connectivity index (χ2v) is 7.93. The first-order valence-electron chi connectivity index (χ1n) is 9.28. The molecular formula is C22H30N2O2. The Morgan fingerprint density at radius 2 is 2.00 bits per heavy atom. The smallest absolute Gasteiger partial charge is 0.358 e. The molecule has 0 aromatic carbocycles. The van der Waals surface area contributed by atoms with Crippen molar-refractivity contribution in [1.82, 2.24) is 9.97 Å². The summed E-state index contributed by atoms with van der Waals surface area (Å²) in [5, 5.41) is 0. The molecule has 0 atom stereocenters. The Morgan fingerprint density at radius 3 is 2.58 bits per heavy atom. The van der Waals surface area contributed by atoms with E-state index in [1.165, 1.54) is 36.6 Å². The molecule has 0 saturated carbocycles. The Bertz CT molecular complexity index is 738. The van der Waals surface area contributed by atoms with Crippen molar-refractivity contribution in [3.8, 4) is 0 Å². The van der Waals surface area contributed by atoms with Crippen LogP contribution in [0, 0.1) is 5.41 Å². The van der Waals surface area contributed by atoms with E-state index in [2.05, 4.69) is 42.9 Å². The third-order valence-corrected chi connectivity index (χ3v) is 4.65. The Hall–Kier alpha value is -2.23. The average molecular weight is 354 g/mol. The van der Waals surface area contributed by atoms with Gasteiger partial charge in [0.15, 0.2) is 5.69 Å². The van der Waals surface area contributed by atoms with E-state index in [-0.39, 0.29) is 17.2 Å². The predicted molar refractivity (Wildman–Crippen MR) is 106 cm³/mol. The van der Waals surface area contributed by atoms with Crippen LogP contribution >= 0.6 is 0 Å². The zero-order valence-electron chi connectivity index (χ0n) is 16.8. The summed E-state index contributed by atoms with van der Waals surface area (Å²) in [5.41, 5.74) is 5.21. The lowest BCUT2D eigenvalue weighted by Gasteiger charge is -2.32. The predicted octanol–water partition coefficient (Wildman–Crippen LogP) is 5.53. The minimum Gasteiger partial charge on any atom is -0.458 e.